The SMILES string of the molecule is CCCCNC(=O)C1CCCN(c2ccc(-n3cncn3)nn2)C1. The Morgan fingerprint density at radius 1 is 1.33 bits per heavy atom. The first kappa shape index (κ1) is 16.4. The zero-order valence-corrected chi connectivity index (χ0v) is 13.9. The topological polar surface area (TPSA) is 88.8 Å². The van der Waals surface area contributed by atoms with Crippen molar-refractivity contribution in [2.75, 3.05) is 24.5 Å². The fraction of sp³-hybridized carbons (Fsp3) is 0.562. The molecule has 24 heavy (non-hydrogen) atoms. The van der Waals surface area contributed by atoms with Crippen LogP contribution in [0.1, 0.15) is 32.6 Å². The molecule has 128 valence electrons. The zero-order chi connectivity index (χ0) is 16.8. The number of aromatic nitrogens is 5. The summed E-state index contributed by atoms with van der Waals surface area (Å²) in [7, 11) is 0. The summed E-state index contributed by atoms with van der Waals surface area (Å²) in [6.07, 6.45) is 7.07. The molecule has 1 amide bonds. The maximum atomic E-state index is 12.3. The van der Waals surface area contributed by atoms with Crippen LogP contribution in [-0.2, 0) is 4.79 Å². The van der Waals surface area contributed by atoms with E-state index in [1.54, 1.807) is 11.0 Å². The molecule has 0 spiro atoms. The van der Waals surface area contributed by atoms with Crippen LogP contribution in [0.4, 0.5) is 5.82 Å². The van der Waals surface area contributed by atoms with Crippen LogP contribution >= 0.6 is 0 Å². The molecule has 3 rings (SSSR count). The third-order valence-corrected chi connectivity index (χ3v) is 4.24. The van der Waals surface area contributed by atoms with Gasteiger partial charge in [-0.15, -0.1) is 10.2 Å². The molecule has 0 saturated carbocycles. The van der Waals surface area contributed by atoms with Crippen LogP contribution in [0, 0.1) is 5.92 Å². The molecule has 1 saturated heterocycles. The van der Waals surface area contributed by atoms with Gasteiger partial charge in [0.05, 0.1) is 5.92 Å². The number of amides is 1. The quantitative estimate of drug-likeness (QED) is 0.801. The van der Waals surface area contributed by atoms with Crippen molar-refractivity contribution in [1.29, 1.82) is 0 Å². The lowest BCUT2D eigenvalue weighted by atomic mass is 9.97. The van der Waals surface area contributed by atoms with Crippen molar-refractivity contribution >= 4 is 11.7 Å². The number of carbonyl (C=O) groups excluding carboxylic acids is 1. The van der Waals surface area contributed by atoms with Crippen molar-refractivity contribution < 1.29 is 4.79 Å². The minimum Gasteiger partial charge on any atom is -0.356 e. The van der Waals surface area contributed by atoms with Crippen molar-refractivity contribution in [2.45, 2.75) is 32.6 Å². The normalized spacial score (nSPS) is 17.7. The predicted octanol–water partition coefficient (Wildman–Crippen LogP) is 1.19. The molecule has 0 bridgehead atoms. The van der Waals surface area contributed by atoms with Crippen LogP contribution in [0.2, 0.25) is 0 Å². The Labute approximate surface area is 141 Å². The van der Waals surface area contributed by atoms with Crippen LogP contribution in [0.25, 0.3) is 5.82 Å². The van der Waals surface area contributed by atoms with Crippen molar-refractivity contribution in [3.8, 4) is 5.82 Å². The Balaban J connectivity index is 1.61. The van der Waals surface area contributed by atoms with Gasteiger partial charge in [0.25, 0.3) is 0 Å². The number of hydrogen-bond acceptors (Lipinski definition) is 6. The van der Waals surface area contributed by atoms with Gasteiger partial charge in [-0.3, -0.25) is 4.79 Å². The standard InChI is InChI=1S/C16H23N7O/c1-2-3-8-18-16(24)13-5-4-9-22(10-13)14-6-7-15(21-20-14)23-12-17-11-19-23/h6-7,11-13H,2-5,8-10H2,1H3,(H,18,24). The maximum absolute atomic E-state index is 12.3. The van der Waals surface area contributed by atoms with Crippen LogP contribution in [-0.4, -0.2) is 50.5 Å². The molecule has 8 nitrogen and oxygen atoms in total. The second kappa shape index (κ2) is 7.85. The first-order valence-corrected chi connectivity index (χ1v) is 8.49. The number of unbranched alkanes of at least 4 members (excludes halogenated alkanes) is 1. The largest absolute Gasteiger partial charge is 0.356 e. The molecule has 1 aliphatic rings. The van der Waals surface area contributed by atoms with Gasteiger partial charge in [-0.05, 0) is 31.4 Å². The van der Waals surface area contributed by atoms with Gasteiger partial charge in [-0.2, -0.15) is 5.10 Å². The second-order valence-electron chi connectivity index (χ2n) is 6.02. The summed E-state index contributed by atoms with van der Waals surface area (Å²) in [6, 6.07) is 3.78. The van der Waals surface area contributed by atoms with E-state index in [0.717, 1.165) is 44.6 Å². The average molecular weight is 329 g/mol. The van der Waals surface area contributed by atoms with E-state index >= 15 is 0 Å². The molecular formula is C16H23N7O. The van der Waals surface area contributed by atoms with E-state index in [9.17, 15) is 4.79 Å². The Morgan fingerprint density at radius 3 is 2.88 bits per heavy atom. The van der Waals surface area contributed by atoms with Gasteiger partial charge in [0.2, 0.25) is 5.91 Å². The van der Waals surface area contributed by atoms with Gasteiger partial charge >= 0.3 is 0 Å². The minimum absolute atomic E-state index is 0.0207. The van der Waals surface area contributed by atoms with Gasteiger partial charge in [0.15, 0.2) is 11.6 Å². The molecule has 2 aromatic heterocycles. The van der Waals surface area contributed by atoms with E-state index in [4.69, 9.17) is 0 Å². The summed E-state index contributed by atoms with van der Waals surface area (Å²) >= 11 is 0. The molecule has 0 radical (unpaired) electrons. The van der Waals surface area contributed by atoms with Crippen molar-refractivity contribution in [2.24, 2.45) is 5.92 Å². The van der Waals surface area contributed by atoms with Gasteiger partial charge in [-0.25, -0.2) is 9.67 Å². The first-order valence-electron chi connectivity index (χ1n) is 8.49. The number of carbonyl (C=O) groups is 1. The molecule has 1 unspecified atom stereocenters. The number of nitrogens with zero attached hydrogens (tertiary/aromatic N) is 6. The molecule has 1 atom stereocenters. The zero-order valence-electron chi connectivity index (χ0n) is 13.9. The molecule has 1 N–H and O–H groups in total. The first-order chi connectivity index (χ1) is 11.8. The summed E-state index contributed by atoms with van der Waals surface area (Å²) in [4.78, 5) is 18.3. The highest BCUT2D eigenvalue weighted by Crippen LogP contribution is 2.21. The van der Waals surface area contributed by atoms with E-state index in [1.807, 2.05) is 12.1 Å². The summed E-state index contributed by atoms with van der Waals surface area (Å²) in [5, 5.41) is 15.5. The van der Waals surface area contributed by atoms with Crippen LogP contribution < -0.4 is 10.2 Å². The van der Waals surface area contributed by atoms with Gasteiger partial charge in [0.1, 0.15) is 12.7 Å². The minimum atomic E-state index is 0.0207. The molecule has 2 aromatic rings. The molecule has 3 heterocycles. The Morgan fingerprint density at radius 2 is 2.17 bits per heavy atom. The predicted molar refractivity (Wildman–Crippen MR) is 89.8 cm³/mol. The molecular weight excluding hydrogens is 306 g/mol. The molecule has 0 aromatic carbocycles. The van der Waals surface area contributed by atoms with Crippen molar-refractivity contribution in [3.63, 3.8) is 0 Å². The van der Waals surface area contributed by atoms with E-state index in [0.29, 0.717) is 12.4 Å². The lowest BCUT2D eigenvalue weighted by molar-refractivity contribution is -0.125. The Hall–Kier alpha value is -2.51. The highest BCUT2D eigenvalue weighted by molar-refractivity contribution is 5.79. The monoisotopic (exact) mass is 329 g/mol. The van der Waals surface area contributed by atoms with Gasteiger partial charge < -0.3 is 10.2 Å². The third-order valence-electron chi connectivity index (χ3n) is 4.24. The smallest absolute Gasteiger partial charge is 0.224 e. The molecule has 1 fully saturated rings. The fourth-order valence-electron chi connectivity index (χ4n) is 2.87. The number of hydrogen-bond donors (Lipinski definition) is 1. The van der Waals surface area contributed by atoms with Crippen molar-refractivity contribution in [3.05, 3.63) is 24.8 Å². The molecule has 8 heteroatoms. The number of piperidine rings is 1. The molecule has 1 aliphatic heterocycles. The number of anilines is 1. The maximum Gasteiger partial charge on any atom is 0.224 e. The van der Waals surface area contributed by atoms with Crippen LogP contribution in [0.15, 0.2) is 24.8 Å². The lowest BCUT2D eigenvalue weighted by Gasteiger charge is -2.32. The fourth-order valence-corrected chi connectivity index (χ4v) is 2.87. The molecule has 0 aliphatic carbocycles. The lowest BCUT2D eigenvalue weighted by Crippen LogP contribution is -2.43. The summed E-state index contributed by atoms with van der Waals surface area (Å²) in [5.41, 5.74) is 0. The number of rotatable bonds is 6. The average Bonchev–Trinajstić information content (AvgIpc) is 3.17. The summed E-state index contributed by atoms with van der Waals surface area (Å²) in [6.45, 7) is 4.47. The highest BCUT2D eigenvalue weighted by atomic mass is 16.1. The van der Waals surface area contributed by atoms with E-state index in [2.05, 4.69) is 37.4 Å². The van der Waals surface area contributed by atoms with Gasteiger partial charge in [-0.1, -0.05) is 13.3 Å². The number of nitrogens with one attached hydrogen (secondary N) is 1. The van der Waals surface area contributed by atoms with Crippen LogP contribution in [0.5, 0.6) is 0 Å². The second-order valence-corrected chi connectivity index (χ2v) is 6.02. The highest BCUT2D eigenvalue weighted by Gasteiger charge is 2.26. The van der Waals surface area contributed by atoms with Crippen LogP contribution in [0.3, 0.4) is 0 Å². The van der Waals surface area contributed by atoms with E-state index in [1.165, 1.54) is 6.33 Å². The third kappa shape index (κ3) is 3.87. The van der Waals surface area contributed by atoms with Crippen molar-refractivity contribution in [1.82, 2.24) is 30.3 Å². The Kier molecular flexibility index (Phi) is 5.35. The van der Waals surface area contributed by atoms with Gasteiger partial charge in [0, 0.05) is 19.6 Å². The summed E-state index contributed by atoms with van der Waals surface area (Å²) < 4.78 is 1.57. The van der Waals surface area contributed by atoms with E-state index in [-0.39, 0.29) is 11.8 Å². The van der Waals surface area contributed by atoms with E-state index < -0.39 is 0 Å². The Bertz CT molecular complexity index is 641. The summed E-state index contributed by atoms with van der Waals surface area (Å²) in [5.74, 6) is 1.60.